The third-order valence-corrected chi connectivity index (χ3v) is 7.63. The highest BCUT2D eigenvalue weighted by Crippen LogP contribution is 2.50. The second kappa shape index (κ2) is 8.68. The number of aromatic nitrogens is 2. The zero-order valence-electron chi connectivity index (χ0n) is 18.8. The average Bonchev–Trinajstić information content (AvgIpc) is 3.08. The van der Waals surface area contributed by atoms with Gasteiger partial charge in [-0.25, -0.2) is 9.97 Å². The Kier molecular flexibility index (Phi) is 5.96. The number of nitrogens with two attached hydrogens (primary N) is 1. The third kappa shape index (κ3) is 4.60. The molecule has 3 aliphatic rings. The van der Waals surface area contributed by atoms with Gasteiger partial charge >= 0.3 is 6.18 Å². The first kappa shape index (κ1) is 23.4. The number of carbonyl (C=O) groups excluding carboxylic acids is 1. The van der Waals surface area contributed by atoms with E-state index < -0.39 is 17.8 Å². The molecule has 1 aliphatic heterocycles. The maximum absolute atomic E-state index is 13.2. The number of benzene rings is 1. The van der Waals surface area contributed by atoms with Crippen LogP contribution in [0.5, 0.6) is 0 Å². The summed E-state index contributed by atoms with van der Waals surface area (Å²) in [5.74, 6) is 2.45. The first-order valence-corrected chi connectivity index (χ1v) is 12.0. The number of nitrogens with one attached hydrogen (secondary N) is 2. The first-order valence-electron chi connectivity index (χ1n) is 11.6. The van der Waals surface area contributed by atoms with E-state index in [1.807, 2.05) is 0 Å². The minimum absolute atomic E-state index is 0.0461. The van der Waals surface area contributed by atoms with E-state index >= 15 is 0 Å². The molecule has 2 aromatic rings. The van der Waals surface area contributed by atoms with E-state index in [1.54, 1.807) is 6.92 Å². The number of hydrogen-bond acceptors (Lipinski definition) is 6. The highest BCUT2D eigenvalue weighted by Gasteiger charge is 2.56. The van der Waals surface area contributed by atoms with Crippen molar-refractivity contribution < 1.29 is 18.0 Å². The second-order valence-electron chi connectivity index (χ2n) is 9.81. The van der Waals surface area contributed by atoms with E-state index in [0.717, 1.165) is 42.9 Å². The molecule has 0 amide bonds. The zero-order valence-corrected chi connectivity index (χ0v) is 19.5. The van der Waals surface area contributed by atoms with Crippen molar-refractivity contribution in [3.63, 3.8) is 0 Å². The molecule has 0 bridgehead atoms. The number of halogens is 4. The number of hydrogen-bond donors (Lipinski definition) is 3. The summed E-state index contributed by atoms with van der Waals surface area (Å²) in [4.78, 5) is 21.3. The first-order chi connectivity index (χ1) is 16.1. The maximum Gasteiger partial charge on any atom is 0.416 e. The Bertz CT molecular complexity index is 1110. The van der Waals surface area contributed by atoms with Gasteiger partial charge in [-0.05, 0) is 92.4 Å². The number of carbonyl (C=O) groups is 1. The van der Waals surface area contributed by atoms with E-state index in [4.69, 9.17) is 17.3 Å². The lowest BCUT2D eigenvalue weighted by Crippen LogP contribution is -2.19. The number of piperidine rings is 1. The second-order valence-corrected chi connectivity index (χ2v) is 10.1. The van der Waals surface area contributed by atoms with Crippen LogP contribution in [0.25, 0.3) is 0 Å². The molecule has 1 saturated carbocycles. The molecule has 0 spiro atoms. The van der Waals surface area contributed by atoms with Gasteiger partial charge in [0.05, 0.1) is 17.3 Å². The predicted octanol–water partition coefficient (Wildman–Crippen LogP) is 4.43. The fourth-order valence-electron chi connectivity index (χ4n) is 5.63. The summed E-state index contributed by atoms with van der Waals surface area (Å²) >= 11 is 6.16. The fraction of sp³-hybridized carbons (Fsp3) is 0.542. The summed E-state index contributed by atoms with van der Waals surface area (Å²) in [5.41, 5.74) is 7.14. The van der Waals surface area contributed by atoms with Crippen LogP contribution in [0.3, 0.4) is 0 Å². The summed E-state index contributed by atoms with van der Waals surface area (Å²) in [5, 5.41) is 6.62. The highest BCUT2D eigenvalue weighted by molar-refractivity contribution is 6.28. The topological polar surface area (TPSA) is 92.9 Å². The molecule has 6 nitrogen and oxygen atoms in total. The van der Waals surface area contributed by atoms with Gasteiger partial charge in [-0.2, -0.15) is 13.2 Å². The Morgan fingerprint density at radius 3 is 2.68 bits per heavy atom. The summed E-state index contributed by atoms with van der Waals surface area (Å²) in [7, 11) is 0. The SMILES string of the molecule is C[C@@H](Nc1nc(Cl)nc2c1CC(CCC(=O)C1C3CNCC31)C2)c1cc(N)cc(C(F)(F)F)c1. The molecule has 2 heterocycles. The van der Waals surface area contributed by atoms with Gasteiger partial charge in [-0.1, -0.05) is 0 Å². The molecule has 4 N–H and O–H groups in total. The van der Waals surface area contributed by atoms with Gasteiger partial charge in [0.25, 0.3) is 0 Å². The molecule has 10 heteroatoms. The average molecular weight is 494 g/mol. The van der Waals surface area contributed by atoms with Gasteiger partial charge in [0.1, 0.15) is 11.6 Å². The Hall–Kier alpha value is -2.39. The third-order valence-electron chi connectivity index (χ3n) is 7.46. The van der Waals surface area contributed by atoms with Crippen LogP contribution in [0.1, 0.15) is 48.2 Å². The minimum atomic E-state index is -4.48. The Balaban J connectivity index is 1.26. The lowest BCUT2D eigenvalue weighted by Gasteiger charge is -2.19. The van der Waals surface area contributed by atoms with Crippen molar-refractivity contribution in [2.24, 2.45) is 23.7 Å². The molecule has 182 valence electrons. The van der Waals surface area contributed by atoms with Crippen LogP contribution in [0.2, 0.25) is 5.28 Å². The minimum Gasteiger partial charge on any atom is -0.399 e. The van der Waals surface area contributed by atoms with Gasteiger partial charge in [-0.3, -0.25) is 4.79 Å². The molecule has 34 heavy (non-hydrogen) atoms. The number of ketones is 1. The molecule has 1 aromatic heterocycles. The Morgan fingerprint density at radius 2 is 1.97 bits per heavy atom. The molecule has 4 atom stereocenters. The molecular formula is C24H27ClF3N5O. The van der Waals surface area contributed by atoms with Crippen LogP contribution in [0.15, 0.2) is 18.2 Å². The summed E-state index contributed by atoms with van der Waals surface area (Å²) in [6.07, 6.45) is -1.71. The Labute approximate surface area is 200 Å². The van der Waals surface area contributed by atoms with Crippen molar-refractivity contribution in [1.82, 2.24) is 15.3 Å². The lowest BCUT2D eigenvalue weighted by molar-refractivity contribution is -0.137. The Morgan fingerprint density at radius 1 is 1.24 bits per heavy atom. The van der Waals surface area contributed by atoms with E-state index in [0.29, 0.717) is 48.3 Å². The molecule has 3 unspecified atom stereocenters. The van der Waals surface area contributed by atoms with E-state index in [2.05, 4.69) is 20.6 Å². The zero-order chi connectivity index (χ0) is 24.2. The van der Waals surface area contributed by atoms with Crippen LogP contribution < -0.4 is 16.4 Å². The van der Waals surface area contributed by atoms with Gasteiger partial charge < -0.3 is 16.4 Å². The summed E-state index contributed by atoms with van der Waals surface area (Å²) in [6.45, 7) is 3.66. The van der Waals surface area contributed by atoms with Crippen LogP contribution in [0, 0.1) is 23.7 Å². The molecule has 1 saturated heterocycles. The van der Waals surface area contributed by atoms with Gasteiger partial charge in [-0.15, -0.1) is 0 Å². The maximum atomic E-state index is 13.2. The van der Waals surface area contributed by atoms with Crippen LogP contribution in [-0.4, -0.2) is 28.8 Å². The van der Waals surface area contributed by atoms with Crippen molar-refractivity contribution in [3.05, 3.63) is 45.9 Å². The predicted molar refractivity (Wildman–Crippen MR) is 123 cm³/mol. The molecule has 5 rings (SSSR count). The smallest absolute Gasteiger partial charge is 0.399 e. The molecule has 1 aromatic carbocycles. The number of nitrogens with zero attached hydrogens (tertiary/aromatic N) is 2. The van der Waals surface area contributed by atoms with Crippen LogP contribution in [-0.2, 0) is 23.8 Å². The molecule has 2 aliphatic carbocycles. The normalized spacial score (nSPS) is 26.1. The standard InChI is InChI=1S/C24H27ClF3N5O/c1-11(13-6-14(24(26,27)28)8-15(29)7-13)31-22-16-4-12(5-19(16)32-23(25)33-22)2-3-20(34)21-17-9-30-10-18(17)21/h6-8,11-12,17-18,21,30H,2-5,9-10,29H2,1H3,(H,31,32,33)/t11-,12?,17?,18?,21?/m1/s1. The van der Waals surface area contributed by atoms with Crippen LogP contribution in [0.4, 0.5) is 24.7 Å². The summed E-state index contributed by atoms with van der Waals surface area (Å²) in [6, 6.07) is 3.05. The van der Waals surface area contributed by atoms with E-state index in [-0.39, 0.29) is 22.8 Å². The largest absolute Gasteiger partial charge is 0.416 e. The number of nitrogen functional groups attached to an aromatic ring is 1. The molecule has 0 radical (unpaired) electrons. The van der Waals surface area contributed by atoms with Crippen molar-refractivity contribution in [2.75, 3.05) is 24.1 Å². The van der Waals surface area contributed by atoms with Gasteiger partial charge in [0, 0.05) is 23.6 Å². The monoisotopic (exact) mass is 493 g/mol. The molecular weight excluding hydrogens is 467 g/mol. The van der Waals surface area contributed by atoms with E-state index in [1.165, 1.54) is 6.07 Å². The number of anilines is 2. The lowest BCUT2D eigenvalue weighted by atomic mass is 9.96. The number of rotatable bonds is 7. The number of alkyl halides is 3. The van der Waals surface area contributed by atoms with Gasteiger partial charge in [0.2, 0.25) is 5.28 Å². The van der Waals surface area contributed by atoms with E-state index in [9.17, 15) is 18.0 Å². The fourth-order valence-corrected chi connectivity index (χ4v) is 5.82. The molecule has 2 fully saturated rings. The van der Waals surface area contributed by atoms with Crippen LogP contribution >= 0.6 is 11.6 Å². The highest BCUT2D eigenvalue weighted by atomic mass is 35.5. The quantitative estimate of drug-likeness (QED) is 0.390. The summed E-state index contributed by atoms with van der Waals surface area (Å²) < 4.78 is 39.7. The van der Waals surface area contributed by atoms with Crippen molar-refractivity contribution >= 4 is 28.9 Å². The number of fused-ring (bicyclic) bond motifs is 2. The van der Waals surface area contributed by atoms with Crippen molar-refractivity contribution in [2.45, 2.75) is 44.8 Å². The van der Waals surface area contributed by atoms with Crippen molar-refractivity contribution in [1.29, 1.82) is 0 Å². The van der Waals surface area contributed by atoms with Gasteiger partial charge in [0.15, 0.2) is 0 Å². The number of Topliss-reactive ketones (excluding diaryl/α,β-unsaturated/α-hetero) is 1. The van der Waals surface area contributed by atoms with Crippen molar-refractivity contribution in [3.8, 4) is 0 Å².